The molecule has 1 aromatic heterocycles. The average molecular weight is 412 g/mol. The molecule has 2 aromatic carbocycles. The van der Waals surface area contributed by atoms with Gasteiger partial charge in [0.2, 0.25) is 5.91 Å². The summed E-state index contributed by atoms with van der Waals surface area (Å²) in [6, 6.07) is 18.9. The van der Waals surface area contributed by atoms with Crippen molar-refractivity contribution in [2.24, 2.45) is 0 Å². The molecule has 29 heavy (non-hydrogen) atoms. The molecule has 0 saturated heterocycles. The highest BCUT2D eigenvalue weighted by atomic mass is 32.2. The van der Waals surface area contributed by atoms with Gasteiger partial charge in [-0.15, -0.1) is 0 Å². The summed E-state index contributed by atoms with van der Waals surface area (Å²) in [5.74, 6) is -1.10. The summed E-state index contributed by atoms with van der Waals surface area (Å²) >= 11 is 0. The Morgan fingerprint density at radius 2 is 1.72 bits per heavy atom. The van der Waals surface area contributed by atoms with Gasteiger partial charge in [0.15, 0.2) is 9.84 Å². The second-order valence-corrected chi connectivity index (χ2v) is 9.27. The third kappa shape index (κ3) is 5.77. The molecule has 1 N–H and O–H groups in total. The van der Waals surface area contributed by atoms with Crippen LogP contribution in [0.3, 0.4) is 0 Å². The van der Waals surface area contributed by atoms with Crippen molar-refractivity contribution in [3.63, 3.8) is 0 Å². The molecule has 6 nitrogen and oxygen atoms in total. The van der Waals surface area contributed by atoms with Crippen LogP contribution in [0.2, 0.25) is 0 Å². The molecular formula is C22H25N3O3S. The number of carbonyl (C=O) groups is 1. The maximum atomic E-state index is 12.4. The number of amides is 1. The van der Waals surface area contributed by atoms with E-state index in [2.05, 4.69) is 10.4 Å². The number of sulfone groups is 1. The average Bonchev–Trinajstić information content (AvgIpc) is 3.00. The Hall–Kier alpha value is -2.93. The zero-order valence-corrected chi connectivity index (χ0v) is 17.4. The number of hydrogen-bond donors (Lipinski definition) is 1. The molecule has 0 saturated carbocycles. The molecule has 7 heteroatoms. The highest BCUT2D eigenvalue weighted by molar-refractivity contribution is 7.92. The molecule has 1 heterocycles. The molecule has 0 aliphatic carbocycles. The summed E-state index contributed by atoms with van der Waals surface area (Å²) in [4.78, 5) is 12.4. The van der Waals surface area contributed by atoms with E-state index in [1.165, 1.54) is 0 Å². The lowest BCUT2D eigenvalue weighted by Gasteiger charge is -2.12. The van der Waals surface area contributed by atoms with Crippen LogP contribution in [-0.4, -0.2) is 35.6 Å². The van der Waals surface area contributed by atoms with Crippen molar-refractivity contribution in [2.45, 2.75) is 26.7 Å². The van der Waals surface area contributed by atoms with Crippen molar-refractivity contribution in [3.8, 4) is 5.69 Å². The molecule has 0 spiro atoms. The summed E-state index contributed by atoms with van der Waals surface area (Å²) in [7, 11) is -3.49. The number of para-hydroxylation sites is 2. The predicted octanol–water partition coefficient (Wildman–Crippen LogP) is 3.48. The van der Waals surface area contributed by atoms with Gasteiger partial charge in [-0.1, -0.05) is 42.5 Å². The number of anilines is 1. The highest BCUT2D eigenvalue weighted by Gasteiger charge is 2.18. The van der Waals surface area contributed by atoms with Crippen LogP contribution in [0, 0.1) is 13.8 Å². The molecule has 3 rings (SSSR count). The Morgan fingerprint density at radius 1 is 1.03 bits per heavy atom. The standard InChI is InChI=1S/C22H25N3O3S/c1-17-15-18(2)25(24-17)21-13-7-6-12-20(21)23-22(26)16-29(27,28)14-8-11-19-9-4-3-5-10-19/h3-7,9-10,12-13,15H,8,11,14,16H2,1-2H3,(H,23,26). The first-order chi connectivity index (χ1) is 13.8. The number of hydrogen-bond acceptors (Lipinski definition) is 4. The first-order valence-electron chi connectivity index (χ1n) is 9.51. The molecule has 0 unspecified atom stereocenters. The number of benzene rings is 2. The number of carbonyl (C=O) groups excluding carboxylic acids is 1. The Balaban J connectivity index is 1.62. The van der Waals surface area contributed by atoms with Crippen molar-refractivity contribution in [1.82, 2.24) is 9.78 Å². The fourth-order valence-corrected chi connectivity index (χ4v) is 4.44. The van der Waals surface area contributed by atoms with Crippen molar-refractivity contribution >= 4 is 21.4 Å². The van der Waals surface area contributed by atoms with Crippen molar-refractivity contribution < 1.29 is 13.2 Å². The topological polar surface area (TPSA) is 81.1 Å². The second kappa shape index (κ2) is 9.05. The Kier molecular flexibility index (Phi) is 6.49. The van der Waals surface area contributed by atoms with E-state index in [1.54, 1.807) is 16.8 Å². The van der Waals surface area contributed by atoms with Crippen LogP contribution < -0.4 is 5.32 Å². The lowest BCUT2D eigenvalue weighted by Crippen LogP contribution is -2.25. The minimum Gasteiger partial charge on any atom is -0.323 e. The molecule has 0 aliphatic rings. The van der Waals surface area contributed by atoms with Crippen molar-refractivity contribution in [2.75, 3.05) is 16.8 Å². The monoisotopic (exact) mass is 411 g/mol. The van der Waals surface area contributed by atoms with Crippen LogP contribution in [0.15, 0.2) is 60.7 Å². The summed E-state index contributed by atoms with van der Waals surface area (Å²) in [5, 5.41) is 7.17. The van der Waals surface area contributed by atoms with Gasteiger partial charge in [0, 0.05) is 5.69 Å². The number of aryl methyl sites for hydroxylation is 3. The minimum atomic E-state index is -3.49. The Morgan fingerprint density at radius 3 is 2.41 bits per heavy atom. The maximum Gasteiger partial charge on any atom is 0.239 e. The SMILES string of the molecule is Cc1cc(C)n(-c2ccccc2NC(=O)CS(=O)(=O)CCCc2ccccc2)n1. The molecule has 3 aromatic rings. The van der Waals surface area contributed by atoms with Crippen molar-refractivity contribution in [1.29, 1.82) is 0 Å². The molecule has 0 aliphatic heterocycles. The molecule has 0 fully saturated rings. The molecule has 0 bridgehead atoms. The molecule has 0 atom stereocenters. The largest absolute Gasteiger partial charge is 0.323 e. The van der Waals surface area contributed by atoms with Gasteiger partial charge in [-0.2, -0.15) is 5.10 Å². The van der Waals surface area contributed by atoms with Crippen LogP contribution in [0.25, 0.3) is 5.69 Å². The molecule has 152 valence electrons. The van der Waals surface area contributed by atoms with Gasteiger partial charge < -0.3 is 5.32 Å². The van der Waals surface area contributed by atoms with E-state index >= 15 is 0 Å². The lowest BCUT2D eigenvalue weighted by molar-refractivity contribution is -0.113. The molecule has 0 radical (unpaired) electrons. The predicted molar refractivity (Wildman–Crippen MR) is 115 cm³/mol. The zero-order chi connectivity index (χ0) is 20.9. The van der Waals surface area contributed by atoms with Gasteiger partial charge >= 0.3 is 0 Å². The number of nitrogens with zero attached hydrogens (tertiary/aromatic N) is 2. The molecular weight excluding hydrogens is 386 g/mol. The third-order valence-corrected chi connectivity index (χ3v) is 6.14. The quantitative estimate of drug-likeness (QED) is 0.615. The second-order valence-electron chi connectivity index (χ2n) is 7.09. The normalized spacial score (nSPS) is 11.4. The van der Waals surface area contributed by atoms with Crippen LogP contribution in [0.5, 0.6) is 0 Å². The van der Waals surface area contributed by atoms with Gasteiger partial charge in [-0.3, -0.25) is 4.79 Å². The van der Waals surface area contributed by atoms with Crippen molar-refractivity contribution in [3.05, 3.63) is 77.6 Å². The summed E-state index contributed by atoms with van der Waals surface area (Å²) in [6.07, 6.45) is 1.16. The van der Waals surface area contributed by atoms with E-state index in [0.717, 1.165) is 17.0 Å². The number of nitrogens with one attached hydrogen (secondary N) is 1. The smallest absolute Gasteiger partial charge is 0.239 e. The summed E-state index contributed by atoms with van der Waals surface area (Å²) < 4.78 is 26.4. The van der Waals surface area contributed by atoms with Crippen LogP contribution >= 0.6 is 0 Å². The third-order valence-electron chi connectivity index (χ3n) is 4.53. The fraction of sp³-hybridized carbons (Fsp3) is 0.273. The van der Waals surface area contributed by atoms with Gasteiger partial charge in [-0.25, -0.2) is 13.1 Å². The number of aromatic nitrogens is 2. The fourth-order valence-electron chi connectivity index (χ4n) is 3.24. The Bertz CT molecular complexity index is 1090. The summed E-state index contributed by atoms with van der Waals surface area (Å²) in [6.45, 7) is 3.82. The van der Waals surface area contributed by atoms with E-state index < -0.39 is 21.5 Å². The van der Waals surface area contributed by atoms with Gasteiger partial charge in [0.25, 0.3) is 0 Å². The van der Waals surface area contributed by atoms with E-state index in [0.29, 0.717) is 24.2 Å². The molecule has 1 amide bonds. The van der Waals surface area contributed by atoms with Gasteiger partial charge in [-0.05, 0) is 50.5 Å². The Labute approximate surface area is 171 Å². The van der Waals surface area contributed by atoms with E-state index in [9.17, 15) is 13.2 Å². The van der Waals surface area contributed by atoms with Gasteiger partial charge in [0.1, 0.15) is 5.75 Å². The van der Waals surface area contributed by atoms with E-state index in [4.69, 9.17) is 0 Å². The van der Waals surface area contributed by atoms with E-state index in [-0.39, 0.29) is 5.75 Å². The number of rotatable bonds is 8. The van der Waals surface area contributed by atoms with Gasteiger partial charge in [0.05, 0.1) is 22.8 Å². The van der Waals surface area contributed by atoms with E-state index in [1.807, 2.05) is 62.4 Å². The van der Waals surface area contributed by atoms with Crippen LogP contribution in [0.4, 0.5) is 5.69 Å². The highest BCUT2D eigenvalue weighted by Crippen LogP contribution is 2.21. The van der Waals surface area contributed by atoms with Crippen LogP contribution in [-0.2, 0) is 21.1 Å². The summed E-state index contributed by atoms with van der Waals surface area (Å²) in [5.41, 5.74) is 4.12. The minimum absolute atomic E-state index is 0.0194. The lowest BCUT2D eigenvalue weighted by atomic mass is 10.1. The van der Waals surface area contributed by atoms with Crippen LogP contribution in [0.1, 0.15) is 23.4 Å². The first-order valence-corrected chi connectivity index (χ1v) is 11.3. The zero-order valence-electron chi connectivity index (χ0n) is 16.6. The maximum absolute atomic E-state index is 12.4. The first kappa shape index (κ1) is 20.8.